The molecule has 202 valence electrons. The summed E-state index contributed by atoms with van der Waals surface area (Å²) in [6, 6.07) is 13.9. The van der Waals surface area contributed by atoms with Gasteiger partial charge in [-0.3, -0.25) is 14.6 Å². The van der Waals surface area contributed by atoms with Gasteiger partial charge in [0.15, 0.2) is 0 Å². The summed E-state index contributed by atoms with van der Waals surface area (Å²) in [7, 11) is 3.26. The number of urea groups is 1. The number of amides is 3. The molecular formula is C29H36N4O5. The second-order valence-corrected chi connectivity index (χ2v) is 9.74. The van der Waals surface area contributed by atoms with Crippen molar-refractivity contribution in [1.29, 1.82) is 0 Å². The van der Waals surface area contributed by atoms with Crippen molar-refractivity contribution < 1.29 is 23.9 Å². The smallest absolute Gasteiger partial charge is 0.338 e. The minimum absolute atomic E-state index is 0.0279. The maximum Gasteiger partial charge on any atom is 0.338 e. The van der Waals surface area contributed by atoms with Gasteiger partial charge < -0.3 is 19.7 Å². The summed E-state index contributed by atoms with van der Waals surface area (Å²) in [5.74, 6) is 0.232. The first-order valence-corrected chi connectivity index (χ1v) is 12.9. The van der Waals surface area contributed by atoms with E-state index in [1.54, 1.807) is 45.3 Å². The monoisotopic (exact) mass is 520 g/mol. The molecule has 2 atom stereocenters. The lowest BCUT2D eigenvalue weighted by Gasteiger charge is -2.42. The van der Waals surface area contributed by atoms with Crippen LogP contribution >= 0.6 is 0 Å². The number of hydrogen-bond acceptors (Lipinski definition) is 6. The Morgan fingerprint density at radius 1 is 1.05 bits per heavy atom. The van der Waals surface area contributed by atoms with Gasteiger partial charge in [-0.1, -0.05) is 29.8 Å². The fraction of sp³-hybridized carbons (Fsp3) is 0.414. The highest BCUT2D eigenvalue weighted by Crippen LogP contribution is 2.32. The third kappa shape index (κ3) is 5.67. The number of hydrogen-bond donors (Lipinski definition) is 1. The number of carbonyl (C=O) groups is 3. The molecule has 38 heavy (non-hydrogen) atoms. The Hall–Kier alpha value is -3.85. The van der Waals surface area contributed by atoms with Crippen molar-refractivity contribution in [3.63, 3.8) is 0 Å². The molecule has 0 saturated carbocycles. The highest BCUT2D eigenvalue weighted by Gasteiger charge is 2.38. The lowest BCUT2D eigenvalue weighted by Crippen LogP contribution is -2.56. The van der Waals surface area contributed by atoms with Gasteiger partial charge in [0, 0.05) is 50.5 Å². The van der Waals surface area contributed by atoms with Crippen molar-refractivity contribution in [2.45, 2.75) is 32.9 Å². The SMILES string of the molecule is CCOC(=O)C1=C(CN2CCN(C(=O)c3ccc(OC)cc3)[C@H](C)C2)N(C)C(=O)N[C@@H]1c1ccc(C)cc1. The predicted molar refractivity (Wildman–Crippen MR) is 144 cm³/mol. The maximum atomic E-state index is 13.2. The number of aryl methyl sites for hydroxylation is 1. The molecule has 2 heterocycles. The van der Waals surface area contributed by atoms with Crippen LogP contribution < -0.4 is 10.1 Å². The number of nitrogens with one attached hydrogen (secondary N) is 1. The van der Waals surface area contributed by atoms with E-state index < -0.39 is 12.0 Å². The zero-order valence-electron chi connectivity index (χ0n) is 22.7. The molecule has 0 bridgehead atoms. The van der Waals surface area contributed by atoms with Gasteiger partial charge >= 0.3 is 12.0 Å². The molecule has 1 N–H and O–H groups in total. The lowest BCUT2D eigenvalue weighted by molar-refractivity contribution is -0.139. The van der Waals surface area contributed by atoms with Gasteiger partial charge in [0.1, 0.15) is 5.75 Å². The van der Waals surface area contributed by atoms with Gasteiger partial charge in [-0.2, -0.15) is 0 Å². The molecule has 9 heteroatoms. The summed E-state index contributed by atoms with van der Waals surface area (Å²) in [5, 5.41) is 2.96. The van der Waals surface area contributed by atoms with Crippen LogP contribution in [0.3, 0.4) is 0 Å². The molecule has 2 aromatic rings. The zero-order chi connectivity index (χ0) is 27.4. The van der Waals surface area contributed by atoms with E-state index in [2.05, 4.69) is 10.2 Å². The number of esters is 1. The molecule has 2 aliphatic heterocycles. The number of methoxy groups -OCH3 is 1. The molecule has 3 amide bonds. The summed E-state index contributed by atoms with van der Waals surface area (Å²) >= 11 is 0. The molecule has 2 aliphatic rings. The number of benzene rings is 2. The van der Waals surface area contributed by atoms with Crippen LogP contribution in [-0.2, 0) is 9.53 Å². The van der Waals surface area contributed by atoms with E-state index >= 15 is 0 Å². The summed E-state index contributed by atoms with van der Waals surface area (Å²) < 4.78 is 10.6. The van der Waals surface area contributed by atoms with E-state index in [9.17, 15) is 14.4 Å². The third-order valence-corrected chi connectivity index (χ3v) is 7.17. The second kappa shape index (κ2) is 11.7. The molecule has 0 spiro atoms. The first-order valence-electron chi connectivity index (χ1n) is 12.9. The number of carbonyl (C=O) groups excluding carboxylic acids is 3. The Morgan fingerprint density at radius 3 is 2.34 bits per heavy atom. The third-order valence-electron chi connectivity index (χ3n) is 7.17. The van der Waals surface area contributed by atoms with E-state index in [1.165, 1.54) is 4.90 Å². The second-order valence-electron chi connectivity index (χ2n) is 9.74. The molecule has 2 aromatic carbocycles. The Morgan fingerprint density at radius 2 is 1.74 bits per heavy atom. The minimum atomic E-state index is -0.608. The Bertz CT molecular complexity index is 1210. The first kappa shape index (κ1) is 27.2. The topological polar surface area (TPSA) is 91.4 Å². The quantitative estimate of drug-likeness (QED) is 0.563. The van der Waals surface area contributed by atoms with Gasteiger partial charge in [0.2, 0.25) is 0 Å². The highest BCUT2D eigenvalue weighted by atomic mass is 16.5. The molecular weight excluding hydrogens is 484 g/mol. The zero-order valence-corrected chi connectivity index (χ0v) is 22.7. The van der Waals surface area contributed by atoms with Gasteiger partial charge in [-0.15, -0.1) is 0 Å². The molecule has 0 aromatic heterocycles. The van der Waals surface area contributed by atoms with Crippen molar-refractivity contribution in [3.8, 4) is 5.75 Å². The average Bonchev–Trinajstić information content (AvgIpc) is 2.91. The van der Waals surface area contributed by atoms with Gasteiger partial charge in [-0.05, 0) is 50.6 Å². The van der Waals surface area contributed by atoms with Crippen LogP contribution in [0.25, 0.3) is 0 Å². The van der Waals surface area contributed by atoms with E-state index in [4.69, 9.17) is 9.47 Å². The normalized spacial score (nSPS) is 20.3. The van der Waals surface area contributed by atoms with Crippen LogP contribution in [0.5, 0.6) is 5.75 Å². The maximum absolute atomic E-state index is 13.2. The summed E-state index contributed by atoms with van der Waals surface area (Å²) in [4.78, 5) is 44.9. The van der Waals surface area contributed by atoms with Crippen LogP contribution in [0, 0.1) is 6.92 Å². The summed E-state index contributed by atoms with van der Waals surface area (Å²) in [5.41, 5.74) is 3.57. The lowest BCUT2D eigenvalue weighted by atomic mass is 9.93. The van der Waals surface area contributed by atoms with Crippen molar-refractivity contribution in [3.05, 3.63) is 76.5 Å². The fourth-order valence-electron chi connectivity index (χ4n) is 5.00. The number of rotatable bonds is 7. The van der Waals surface area contributed by atoms with Crippen LogP contribution in [-0.4, -0.2) is 85.6 Å². The van der Waals surface area contributed by atoms with Gasteiger partial charge in [0.25, 0.3) is 5.91 Å². The number of piperazine rings is 1. The van der Waals surface area contributed by atoms with Crippen molar-refractivity contribution in [2.75, 3.05) is 46.9 Å². The molecule has 1 fully saturated rings. The van der Waals surface area contributed by atoms with E-state index in [-0.39, 0.29) is 24.6 Å². The summed E-state index contributed by atoms with van der Waals surface area (Å²) in [6.45, 7) is 8.14. The molecule has 1 saturated heterocycles. The van der Waals surface area contributed by atoms with Crippen LogP contribution in [0.1, 0.15) is 41.4 Å². The number of ether oxygens (including phenoxy) is 2. The van der Waals surface area contributed by atoms with Gasteiger partial charge in [-0.25, -0.2) is 9.59 Å². The van der Waals surface area contributed by atoms with E-state index in [1.807, 2.05) is 43.0 Å². The van der Waals surface area contributed by atoms with Crippen molar-refractivity contribution >= 4 is 17.9 Å². The predicted octanol–water partition coefficient (Wildman–Crippen LogP) is 3.36. The van der Waals surface area contributed by atoms with Crippen LogP contribution in [0.4, 0.5) is 4.79 Å². The van der Waals surface area contributed by atoms with Gasteiger partial charge in [0.05, 0.1) is 25.3 Å². The number of likely N-dealkylation sites (N-methyl/N-ethyl adjacent to an activating group) is 1. The van der Waals surface area contributed by atoms with Crippen LogP contribution in [0.2, 0.25) is 0 Å². The summed E-state index contributed by atoms with van der Waals surface area (Å²) in [6.07, 6.45) is 0. The van der Waals surface area contributed by atoms with E-state index in [0.717, 1.165) is 11.1 Å². The molecule has 9 nitrogen and oxygen atoms in total. The molecule has 0 radical (unpaired) electrons. The Labute approximate surface area is 224 Å². The van der Waals surface area contributed by atoms with E-state index in [0.29, 0.717) is 48.8 Å². The van der Waals surface area contributed by atoms with Crippen molar-refractivity contribution in [2.24, 2.45) is 0 Å². The fourth-order valence-corrected chi connectivity index (χ4v) is 5.00. The number of nitrogens with zero attached hydrogens (tertiary/aromatic N) is 3. The van der Waals surface area contributed by atoms with Crippen LogP contribution in [0.15, 0.2) is 59.8 Å². The Kier molecular flexibility index (Phi) is 8.36. The highest BCUT2D eigenvalue weighted by molar-refractivity contribution is 5.95. The first-order chi connectivity index (χ1) is 18.2. The van der Waals surface area contributed by atoms with Crippen molar-refractivity contribution in [1.82, 2.24) is 20.0 Å². The largest absolute Gasteiger partial charge is 0.497 e. The standard InChI is InChI=1S/C29H36N4O5/c1-6-38-28(35)25-24(31(4)29(36)30-26(25)21-9-7-19(2)8-10-21)18-32-15-16-33(20(3)17-32)27(34)22-11-13-23(37-5)14-12-22/h7-14,20,26H,6,15-18H2,1-5H3,(H,30,36)/t20-,26-/m1/s1. The molecule has 0 unspecified atom stereocenters. The minimum Gasteiger partial charge on any atom is -0.497 e. The Balaban J connectivity index is 1.57. The molecule has 4 rings (SSSR count). The molecule has 0 aliphatic carbocycles. The average molecular weight is 521 g/mol.